The maximum Gasteiger partial charge on any atom is 0.280 e. The largest absolute Gasteiger partial charge is 0.481 e. The maximum absolute atomic E-state index is 11.9. The van der Waals surface area contributed by atoms with Crippen molar-refractivity contribution in [3.05, 3.63) is 51.7 Å². The summed E-state index contributed by atoms with van der Waals surface area (Å²) in [5, 5.41) is 5.87. The van der Waals surface area contributed by atoms with Crippen LogP contribution in [0, 0.1) is 13.8 Å². The summed E-state index contributed by atoms with van der Waals surface area (Å²) in [5.74, 6) is 0.416. The summed E-state index contributed by atoms with van der Waals surface area (Å²) in [5.41, 5.74) is 4.69. The maximum atomic E-state index is 11.9. The minimum absolute atomic E-state index is 0.276. The normalized spacial score (nSPS) is 12.3. The van der Waals surface area contributed by atoms with Crippen molar-refractivity contribution in [2.75, 3.05) is 0 Å². The number of benzene rings is 1. The molecule has 0 radical (unpaired) electrons. The van der Waals surface area contributed by atoms with Crippen molar-refractivity contribution in [3.8, 4) is 5.75 Å². The van der Waals surface area contributed by atoms with E-state index in [2.05, 4.69) is 16.6 Å². The lowest BCUT2D eigenvalue weighted by atomic mass is 10.1. The standard InChI is InChI=1S/C16H18N2O2S/c1-11-7-12(2)9-14(8-11)20-13(3)16(19)18-17-10-15-5-4-6-21-15/h4-10,13H,1-3H3,(H,18,19)/b17-10+. The molecule has 0 saturated heterocycles. The predicted molar refractivity (Wildman–Crippen MR) is 86.1 cm³/mol. The Morgan fingerprint density at radius 2 is 2.05 bits per heavy atom. The predicted octanol–water partition coefficient (Wildman–Crippen LogP) is 3.28. The molecular formula is C16H18N2O2S. The third kappa shape index (κ3) is 4.72. The van der Waals surface area contributed by atoms with Crippen LogP contribution in [0.5, 0.6) is 5.75 Å². The second kappa shape index (κ2) is 7.04. The minimum Gasteiger partial charge on any atom is -0.481 e. The summed E-state index contributed by atoms with van der Waals surface area (Å²) in [6, 6.07) is 9.73. The van der Waals surface area contributed by atoms with Crippen molar-refractivity contribution < 1.29 is 9.53 Å². The van der Waals surface area contributed by atoms with Gasteiger partial charge in [-0.2, -0.15) is 5.10 Å². The van der Waals surface area contributed by atoms with E-state index in [0.29, 0.717) is 5.75 Å². The highest BCUT2D eigenvalue weighted by Crippen LogP contribution is 2.17. The van der Waals surface area contributed by atoms with Gasteiger partial charge >= 0.3 is 0 Å². The minimum atomic E-state index is -0.605. The third-order valence-electron chi connectivity index (χ3n) is 2.79. The number of ether oxygens (including phenoxy) is 1. The lowest BCUT2D eigenvalue weighted by Crippen LogP contribution is -2.33. The van der Waals surface area contributed by atoms with Gasteiger partial charge < -0.3 is 4.74 Å². The Hall–Kier alpha value is -2.14. The Morgan fingerprint density at radius 1 is 1.33 bits per heavy atom. The summed E-state index contributed by atoms with van der Waals surface area (Å²) in [7, 11) is 0. The van der Waals surface area contributed by atoms with Gasteiger partial charge in [-0.3, -0.25) is 4.79 Å². The zero-order chi connectivity index (χ0) is 15.2. The number of nitrogens with one attached hydrogen (secondary N) is 1. The number of aryl methyl sites for hydroxylation is 2. The molecule has 21 heavy (non-hydrogen) atoms. The fourth-order valence-electron chi connectivity index (χ4n) is 1.87. The van der Waals surface area contributed by atoms with E-state index in [1.165, 1.54) is 0 Å². The summed E-state index contributed by atoms with van der Waals surface area (Å²) >= 11 is 1.56. The average Bonchev–Trinajstić information content (AvgIpc) is 2.90. The fourth-order valence-corrected chi connectivity index (χ4v) is 2.46. The van der Waals surface area contributed by atoms with E-state index in [-0.39, 0.29) is 5.91 Å². The monoisotopic (exact) mass is 302 g/mol. The van der Waals surface area contributed by atoms with Gasteiger partial charge in [-0.15, -0.1) is 11.3 Å². The first-order valence-electron chi connectivity index (χ1n) is 6.66. The molecule has 0 bridgehead atoms. The molecule has 1 atom stereocenters. The number of hydrogen-bond donors (Lipinski definition) is 1. The number of nitrogens with zero attached hydrogens (tertiary/aromatic N) is 1. The van der Waals surface area contributed by atoms with E-state index in [0.717, 1.165) is 16.0 Å². The van der Waals surface area contributed by atoms with Gasteiger partial charge in [-0.05, 0) is 55.5 Å². The number of amides is 1. The zero-order valence-electron chi connectivity index (χ0n) is 12.3. The SMILES string of the molecule is Cc1cc(C)cc(OC(C)C(=O)N/N=C/c2cccs2)c1. The number of thiophene rings is 1. The topological polar surface area (TPSA) is 50.7 Å². The Labute approximate surface area is 128 Å². The van der Waals surface area contributed by atoms with Crippen molar-refractivity contribution in [2.45, 2.75) is 26.9 Å². The van der Waals surface area contributed by atoms with Crippen molar-refractivity contribution in [1.29, 1.82) is 0 Å². The molecular weight excluding hydrogens is 284 g/mol. The van der Waals surface area contributed by atoms with Gasteiger partial charge in [0.1, 0.15) is 5.75 Å². The molecule has 0 spiro atoms. The Morgan fingerprint density at radius 3 is 2.67 bits per heavy atom. The molecule has 0 saturated carbocycles. The summed E-state index contributed by atoms with van der Waals surface area (Å²) in [6.07, 6.45) is 1.01. The van der Waals surface area contributed by atoms with Crippen LogP contribution in [0.4, 0.5) is 0 Å². The second-order valence-corrected chi connectivity index (χ2v) is 5.81. The van der Waals surface area contributed by atoms with Gasteiger partial charge in [0.25, 0.3) is 5.91 Å². The molecule has 1 unspecified atom stereocenters. The molecule has 1 aromatic heterocycles. The van der Waals surface area contributed by atoms with Crippen LogP contribution >= 0.6 is 11.3 Å². The molecule has 5 heteroatoms. The number of carbonyl (C=O) groups is 1. The molecule has 0 aliphatic carbocycles. The van der Waals surface area contributed by atoms with Gasteiger partial charge in [0.15, 0.2) is 6.10 Å². The lowest BCUT2D eigenvalue weighted by Gasteiger charge is -2.14. The molecule has 2 rings (SSSR count). The van der Waals surface area contributed by atoms with Crippen LogP contribution in [0.2, 0.25) is 0 Å². The molecule has 1 N–H and O–H groups in total. The van der Waals surface area contributed by atoms with E-state index in [1.54, 1.807) is 24.5 Å². The van der Waals surface area contributed by atoms with Crippen LogP contribution in [0.3, 0.4) is 0 Å². The molecule has 2 aromatic rings. The number of hydrazone groups is 1. The van der Waals surface area contributed by atoms with Gasteiger partial charge in [0.2, 0.25) is 0 Å². The smallest absolute Gasteiger partial charge is 0.280 e. The number of carbonyl (C=O) groups excluding carboxylic acids is 1. The van der Waals surface area contributed by atoms with E-state index < -0.39 is 6.10 Å². The summed E-state index contributed by atoms with van der Waals surface area (Å²) in [6.45, 7) is 5.69. The number of rotatable bonds is 5. The molecule has 1 aromatic carbocycles. The van der Waals surface area contributed by atoms with Crippen molar-refractivity contribution in [3.63, 3.8) is 0 Å². The van der Waals surface area contributed by atoms with Gasteiger partial charge in [-0.25, -0.2) is 5.43 Å². The molecule has 110 valence electrons. The van der Waals surface area contributed by atoms with E-state index in [1.807, 2.05) is 43.5 Å². The van der Waals surface area contributed by atoms with E-state index >= 15 is 0 Å². The molecule has 0 aliphatic heterocycles. The van der Waals surface area contributed by atoms with Crippen molar-refractivity contribution in [1.82, 2.24) is 5.43 Å². The summed E-state index contributed by atoms with van der Waals surface area (Å²) < 4.78 is 5.64. The van der Waals surface area contributed by atoms with Crippen LogP contribution in [0.1, 0.15) is 22.9 Å². The lowest BCUT2D eigenvalue weighted by molar-refractivity contribution is -0.127. The van der Waals surface area contributed by atoms with Crippen LogP contribution in [-0.4, -0.2) is 18.2 Å². The van der Waals surface area contributed by atoms with Crippen LogP contribution in [-0.2, 0) is 4.79 Å². The fraction of sp³-hybridized carbons (Fsp3) is 0.250. The van der Waals surface area contributed by atoms with Gasteiger partial charge in [-0.1, -0.05) is 12.1 Å². The molecule has 4 nitrogen and oxygen atoms in total. The highest BCUT2D eigenvalue weighted by Gasteiger charge is 2.14. The van der Waals surface area contributed by atoms with E-state index in [9.17, 15) is 4.79 Å². The van der Waals surface area contributed by atoms with Gasteiger partial charge in [0, 0.05) is 4.88 Å². The van der Waals surface area contributed by atoms with Crippen LogP contribution in [0.25, 0.3) is 0 Å². The zero-order valence-corrected chi connectivity index (χ0v) is 13.1. The second-order valence-electron chi connectivity index (χ2n) is 4.83. The average molecular weight is 302 g/mol. The van der Waals surface area contributed by atoms with Crippen LogP contribution < -0.4 is 10.2 Å². The van der Waals surface area contributed by atoms with Gasteiger partial charge in [0.05, 0.1) is 6.21 Å². The molecule has 0 aliphatic rings. The first kappa shape index (κ1) is 15.3. The highest BCUT2D eigenvalue weighted by atomic mass is 32.1. The highest BCUT2D eigenvalue weighted by molar-refractivity contribution is 7.11. The quantitative estimate of drug-likeness (QED) is 0.680. The van der Waals surface area contributed by atoms with Crippen molar-refractivity contribution in [2.24, 2.45) is 5.10 Å². The Balaban J connectivity index is 1.90. The molecule has 1 amide bonds. The number of hydrogen-bond acceptors (Lipinski definition) is 4. The first-order chi connectivity index (χ1) is 10.0. The summed E-state index contributed by atoms with van der Waals surface area (Å²) in [4.78, 5) is 12.9. The van der Waals surface area contributed by atoms with E-state index in [4.69, 9.17) is 4.74 Å². The third-order valence-corrected chi connectivity index (χ3v) is 3.59. The Bertz CT molecular complexity index is 615. The first-order valence-corrected chi connectivity index (χ1v) is 7.54. The van der Waals surface area contributed by atoms with Crippen LogP contribution in [0.15, 0.2) is 40.8 Å². The molecule has 0 fully saturated rings. The molecule has 1 heterocycles. The van der Waals surface area contributed by atoms with Crippen molar-refractivity contribution >= 4 is 23.5 Å². The Kier molecular flexibility index (Phi) is 5.11.